The third kappa shape index (κ3) is 47.5. The van der Waals surface area contributed by atoms with Crippen molar-refractivity contribution in [3.05, 3.63) is 0 Å². The molecule has 0 spiro atoms. The van der Waals surface area contributed by atoms with E-state index in [0.29, 0.717) is 19.3 Å². The van der Waals surface area contributed by atoms with Crippen LogP contribution in [-0.2, 0) is 28.6 Å². The van der Waals surface area contributed by atoms with Gasteiger partial charge in [-0.1, -0.05) is 265 Å². The number of hydrogen-bond acceptors (Lipinski definition) is 6. The Kier molecular flexibility index (Phi) is 47.2. The van der Waals surface area contributed by atoms with E-state index in [1.807, 2.05) is 0 Å². The Morgan fingerprint density at radius 3 is 0.817 bits per heavy atom. The molecule has 0 rings (SSSR count). The SMILES string of the molecule is CCCCCCCCCCCCCCCCCC(=O)O[C@@H](COC(=O)CCCCCCCCCCCCCC)COC(=O)CCCCCCCCCCCCCCC(C)C. The fraction of sp³-hybridized carbons (Fsp3) is 0.944. The Bertz CT molecular complexity index is 903. The zero-order valence-electron chi connectivity index (χ0n) is 40.9. The van der Waals surface area contributed by atoms with Crippen molar-refractivity contribution in [3.63, 3.8) is 0 Å². The molecule has 0 heterocycles. The van der Waals surface area contributed by atoms with Crippen LogP contribution < -0.4 is 0 Å². The minimum Gasteiger partial charge on any atom is -0.462 e. The molecule has 0 aromatic carbocycles. The molecule has 0 fully saturated rings. The monoisotopic (exact) mass is 849 g/mol. The lowest BCUT2D eigenvalue weighted by atomic mass is 10.0. The largest absolute Gasteiger partial charge is 0.462 e. The Hall–Kier alpha value is -1.59. The lowest BCUT2D eigenvalue weighted by molar-refractivity contribution is -0.167. The first-order valence-corrected chi connectivity index (χ1v) is 26.9. The predicted molar refractivity (Wildman–Crippen MR) is 257 cm³/mol. The van der Waals surface area contributed by atoms with Crippen LogP contribution in [0.3, 0.4) is 0 Å². The molecular weight excluding hydrogens is 745 g/mol. The number of carbonyl (C=O) groups excluding carboxylic acids is 3. The van der Waals surface area contributed by atoms with E-state index in [9.17, 15) is 14.4 Å². The van der Waals surface area contributed by atoms with Crippen LogP contribution >= 0.6 is 0 Å². The Morgan fingerprint density at radius 2 is 0.550 bits per heavy atom. The van der Waals surface area contributed by atoms with E-state index in [-0.39, 0.29) is 31.1 Å². The molecule has 0 bridgehead atoms. The second kappa shape index (κ2) is 48.4. The molecule has 0 aromatic heterocycles. The molecule has 0 amide bonds. The van der Waals surface area contributed by atoms with Crippen molar-refractivity contribution in [1.82, 2.24) is 0 Å². The summed E-state index contributed by atoms with van der Waals surface area (Å²) in [7, 11) is 0. The number of carbonyl (C=O) groups is 3. The molecule has 0 aliphatic heterocycles. The second-order valence-corrected chi connectivity index (χ2v) is 19.0. The van der Waals surface area contributed by atoms with Crippen molar-refractivity contribution in [2.24, 2.45) is 5.92 Å². The van der Waals surface area contributed by atoms with Crippen LogP contribution in [0, 0.1) is 5.92 Å². The zero-order valence-corrected chi connectivity index (χ0v) is 40.9. The summed E-state index contributed by atoms with van der Waals surface area (Å²) in [6.07, 6.45) is 50.8. The average molecular weight is 849 g/mol. The van der Waals surface area contributed by atoms with Gasteiger partial charge in [0.15, 0.2) is 6.10 Å². The lowest BCUT2D eigenvalue weighted by Gasteiger charge is -2.18. The van der Waals surface area contributed by atoms with E-state index < -0.39 is 6.10 Å². The fourth-order valence-corrected chi connectivity index (χ4v) is 8.22. The molecule has 60 heavy (non-hydrogen) atoms. The van der Waals surface area contributed by atoms with E-state index >= 15 is 0 Å². The molecule has 0 N–H and O–H groups in total. The van der Waals surface area contributed by atoms with Crippen LogP contribution in [0.15, 0.2) is 0 Å². The van der Waals surface area contributed by atoms with E-state index in [1.165, 1.54) is 199 Å². The first-order valence-electron chi connectivity index (χ1n) is 26.9. The highest BCUT2D eigenvalue weighted by molar-refractivity contribution is 5.71. The van der Waals surface area contributed by atoms with Gasteiger partial charge in [0.2, 0.25) is 0 Å². The summed E-state index contributed by atoms with van der Waals surface area (Å²) in [5.41, 5.74) is 0. The molecule has 6 nitrogen and oxygen atoms in total. The van der Waals surface area contributed by atoms with Crippen LogP contribution in [0.2, 0.25) is 0 Å². The molecule has 0 aromatic rings. The van der Waals surface area contributed by atoms with E-state index in [1.54, 1.807) is 0 Å². The van der Waals surface area contributed by atoms with Gasteiger partial charge in [-0.2, -0.15) is 0 Å². The number of ether oxygens (including phenoxy) is 3. The van der Waals surface area contributed by atoms with Crippen molar-refractivity contribution < 1.29 is 28.6 Å². The summed E-state index contributed by atoms with van der Waals surface area (Å²) in [6, 6.07) is 0. The highest BCUT2D eigenvalue weighted by Gasteiger charge is 2.19. The highest BCUT2D eigenvalue weighted by atomic mass is 16.6. The number of rotatable bonds is 49. The van der Waals surface area contributed by atoms with E-state index in [2.05, 4.69) is 27.7 Å². The number of unbranched alkanes of at least 4 members (excludes halogenated alkanes) is 36. The third-order valence-corrected chi connectivity index (χ3v) is 12.3. The molecule has 0 saturated carbocycles. The Balaban J connectivity index is 4.30. The molecule has 0 saturated heterocycles. The number of esters is 3. The number of hydrogen-bond donors (Lipinski definition) is 0. The molecule has 0 unspecified atom stereocenters. The maximum absolute atomic E-state index is 12.8. The molecular formula is C54H104O6. The summed E-state index contributed by atoms with van der Waals surface area (Å²) < 4.78 is 16.8. The standard InChI is InChI=1S/C54H104O6/c1-5-7-9-11-13-15-17-19-20-21-27-31-35-39-43-47-54(57)60-51(48-58-52(55)45-41-37-33-29-25-18-16-14-12-10-8-6-2)49-59-53(56)46-42-38-34-30-26-23-22-24-28-32-36-40-44-50(3)4/h50-51H,5-49H2,1-4H3/t51-/m0/s1. The quantitative estimate of drug-likeness (QED) is 0.0345. The smallest absolute Gasteiger partial charge is 0.306 e. The van der Waals surface area contributed by atoms with Gasteiger partial charge in [0.25, 0.3) is 0 Å². The highest BCUT2D eigenvalue weighted by Crippen LogP contribution is 2.17. The van der Waals surface area contributed by atoms with Crippen molar-refractivity contribution >= 4 is 17.9 Å². The third-order valence-electron chi connectivity index (χ3n) is 12.3. The van der Waals surface area contributed by atoms with Crippen molar-refractivity contribution in [3.8, 4) is 0 Å². The van der Waals surface area contributed by atoms with Crippen molar-refractivity contribution in [2.45, 2.75) is 310 Å². The van der Waals surface area contributed by atoms with Crippen LogP contribution in [0.25, 0.3) is 0 Å². The van der Waals surface area contributed by atoms with E-state index in [0.717, 1.165) is 63.7 Å². The van der Waals surface area contributed by atoms with Crippen molar-refractivity contribution in [1.29, 1.82) is 0 Å². The normalized spacial score (nSPS) is 11.9. The average Bonchev–Trinajstić information content (AvgIpc) is 3.23. The van der Waals surface area contributed by atoms with Crippen LogP contribution in [0.1, 0.15) is 304 Å². The molecule has 0 radical (unpaired) electrons. The van der Waals surface area contributed by atoms with Crippen LogP contribution in [-0.4, -0.2) is 37.2 Å². The van der Waals surface area contributed by atoms with Gasteiger partial charge in [-0.25, -0.2) is 0 Å². The molecule has 0 aliphatic rings. The molecule has 0 aliphatic carbocycles. The maximum Gasteiger partial charge on any atom is 0.306 e. The van der Waals surface area contributed by atoms with Gasteiger partial charge in [0.05, 0.1) is 0 Å². The second-order valence-electron chi connectivity index (χ2n) is 19.0. The van der Waals surface area contributed by atoms with Gasteiger partial charge in [-0.15, -0.1) is 0 Å². The van der Waals surface area contributed by atoms with Gasteiger partial charge in [-0.3, -0.25) is 14.4 Å². The predicted octanol–water partition coefficient (Wildman–Crippen LogP) is 17.5. The lowest BCUT2D eigenvalue weighted by Crippen LogP contribution is -2.30. The Morgan fingerprint density at radius 1 is 0.317 bits per heavy atom. The fourth-order valence-electron chi connectivity index (χ4n) is 8.22. The first-order chi connectivity index (χ1) is 29.4. The zero-order chi connectivity index (χ0) is 43.8. The summed E-state index contributed by atoms with van der Waals surface area (Å²) in [4.78, 5) is 38.0. The topological polar surface area (TPSA) is 78.9 Å². The van der Waals surface area contributed by atoms with Gasteiger partial charge in [-0.05, 0) is 25.2 Å². The molecule has 356 valence electrons. The minimum absolute atomic E-state index is 0.0624. The minimum atomic E-state index is -0.760. The Labute approximate surface area is 374 Å². The maximum atomic E-state index is 12.8. The summed E-state index contributed by atoms with van der Waals surface area (Å²) in [5, 5.41) is 0. The van der Waals surface area contributed by atoms with Crippen molar-refractivity contribution in [2.75, 3.05) is 13.2 Å². The summed E-state index contributed by atoms with van der Waals surface area (Å²) in [6.45, 7) is 9.04. The van der Waals surface area contributed by atoms with Crippen LogP contribution in [0.5, 0.6) is 0 Å². The molecule has 6 heteroatoms. The van der Waals surface area contributed by atoms with Gasteiger partial charge in [0.1, 0.15) is 13.2 Å². The first kappa shape index (κ1) is 58.4. The van der Waals surface area contributed by atoms with Gasteiger partial charge in [0, 0.05) is 19.3 Å². The van der Waals surface area contributed by atoms with Gasteiger partial charge >= 0.3 is 17.9 Å². The molecule has 1 atom stereocenters. The summed E-state index contributed by atoms with van der Waals surface area (Å²) >= 11 is 0. The van der Waals surface area contributed by atoms with Crippen LogP contribution in [0.4, 0.5) is 0 Å². The summed E-state index contributed by atoms with van der Waals surface area (Å²) in [5.74, 6) is -0.00706. The van der Waals surface area contributed by atoms with E-state index in [4.69, 9.17) is 14.2 Å². The van der Waals surface area contributed by atoms with Gasteiger partial charge < -0.3 is 14.2 Å².